The molecule has 1 aromatic carbocycles. The maximum absolute atomic E-state index is 6.45. The van der Waals surface area contributed by atoms with Gasteiger partial charge in [0.15, 0.2) is 0 Å². The molecule has 1 aliphatic heterocycles. The Morgan fingerprint density at radius 1 is 1.10 bits per heavy atom. The van der Waals surface area contributed by atoms with Gasteiger partial charge in [-0.2, -0.15) is 0 Å². The van der Waals surface area contributed by atoms with Crippen LogP contribution in [-0.2, 0) is 0 Å². The number of nitrogens with zero attached hydrogens (tertiary/aromatic N) is 2. The summed E-state index contributed by atoms with van der Waals surface area (Å²) in [7, 11) is 0. The molecule has 0 radical (unpaired) electrons. The van der Waals surface area contributed by atoms with Crippen molar-refractivity contribution in [1.82, 2.24) is 4.98 Å². The zero-order valence-corrected chi connectivity index (χ0v) is 11.8. The molecule has 0 bridgehead atoms. The molecule has 2 unspecified atom stereocenters. The standard InChI is InChI=1S/C17H21N3/c18-17-13-6-2-10-19-14(13)8-9-16(17)20-11-3-5-12-4-1-7-15(12)20/h2,6,8-10,12,15H,1,3-5,7,11,18H2. The lowest BCUT2D eigenvalue weighted by Gasteiger charge is -2.40. The van der Waals surface area contributed by atoms with Gasteiger partial charge in [0.1, 0.15) is 0 Å². The highest BCUT2D eigenvalue weighted by atomic mass is 15.2. The van der Waals surface area contributed by atoms with Crippen molar-refractivity contribution in [3.8, 4) is 0 Å². The van der Waals surface area contributed by atoms with Crippen LogP contribution >= 0.6 is 0 Å². The molecule has 20 heavy (non-hydrogen) atoms. The summed E-state index contributed by atoms with van der Waals surface area (Å²) in [5.74, 6) is 0.882. The number of benzene rings is 1. The van der Waals surface area contributed by atoms with E-state index in [0.29, 0.717) is 6.04 Å². The van der Waals surface area contributed by atoms with E-state index in [-0.39, 0.29) is 0 Å². The van der Waals surface area contributed by atoms with Crippen LogP contribution in [0.1, 0.15) is 32.1 Å². The van der Waals surface area contributed by atoms with Gasteiger partial charge in [0.25, 0.3) is 0 Å². The molecule has 2 N–H and O–H groups in total. The first-order chi connectivity index (χ1) is 9.84. The summed E-state index contributed by atoms with van der Waals surface area (Å²) < 4.78 is 0. The summed E-state index contributed by atoms with van der Waals surface area (Å²) in [4.78, 5) is 6.97. The Hall–Kier alpha value is -1.77. The molecular weight excluding hydrogens is 246 g/mol. The zero-order valence-electron chi connectivity index (χ0n) is 11.8. The van der Waals surface area contributed by atoms with E-state index in [1.54, 1.807) is 0 Å². The lowest BCUT2D eigenvalue weighted by molar-refractivity contribution is 0.363. The van der Waals surface area contributed by atoms with E-state index < -0.39 is 0 Å². The van der Waals surface area contributed by atoms with E-state index in [1.165, 1.54) is 37.8 Å². The number of hydrogen-bond donors (Lipinski definition) is 1. The van der Waals surface area contributed by atoms with E-state index in [2.05, 4.69) is 28.1 Å². The lowest BCUT2D eigenvalue weighted by Crippen LogP contribution is -2.42. The normalized spacial score (nSPS) is 25.9. The van der Waals surface area contributed by atoms with E-state index in [1.807, 2.05) is 12.3 Å². The molecule has 1 saturated heterocycles. The van der Waals surface area contributed by atoms with Gasteiger partial charge in [-0.15, -0.1) is 0 Å². The van der Waals surface area contributed by atoms with Gasteiger partial charge in [-0.1, -0.05) is 6.42 Å². The number of anilines is 2. The minimum absolute atomic E-state index is 0.708. The Morgan fingerprint density at radius 3 is 2.95 bits per heavy atom. The molecular formula is C17H21N3. The van der Waals surface area contributed by atoms with Crippen LogP contribution in [0, 0.1) is 5.92 Å². The van der Waals surface area contributed by atoms with Gasteiger partial charge < -0.3 is 10.6 Å². The number of piperidine rings is 1. The fourth-order valence-corrected chi connectivity index (χ4v) is 4.17. The van der Waals surface area contributed by atoms with Crippen molar-refractivity contribution in [1.29, 1.82) is 0 Å². The van der Waals surface area contributed by atoms with E-state index in [4.69, 9.17) is 5.73 Å². The first-order valence-electron chi connectivity index (χ1n) is 7.74. The number of rotatable bonds is 1. The number of nitrogen functional groups attached to an aromatic ring is 1. The summed E-state index contributed by atoms with van der Waals surface area (Å²) >= 11 is 0. The fourth-order valence-electron chi connectivity index (χ4n) is 4.17. The second-order valence-electron chi connectivity index (χ2n) is 6.16. The Morgan fingerprint density at radius 2 is 2.00 bits per heavy atom. The van der Waals surface area contributed by atoms with Crippen molar-refractivity contribution in [2.75, 3.05) is 17.2 Å². The monoisotopic (exact) mass is 267 g/mol. The number of aromatic nitrogens is 1. The topological polar surface area (TPSA) is 42.1 Å². The highest BCUT2D eigenvalue weighted by molar-refractivity contribution is 5.97. The predicted octanol–water partition coefficient (Wildman–Crippen LogP) is 3.59. The van der Waals surface area contributed by atoms with Crippen molar-refractivity contribution in [2.24, 2.45) is 5.92 Å². The van der Waals surface area contributed by atoms with Crippen molar-refractivity contribution < 1.29 is 0 Å². The van der Waals surface area contributed by atoms with E-state index in [9.17, 15) is 0 Å². The number of pyridine rings is 1. The Bertz CT molecular complexity index is 637. The average Bonchev–Trinajstić information content (AvgIpc) is 2.97. The van der Waals surface area contributed by atoms with Crippen LogP contribution < -0.4 is 10.6 Å². The molecule has 2 aromatic rings. The SMILES string of the molecule is Nc1c(N2CCCC3CCCC32)ccc2ncccc12. The van der Waals surface area contributed by atoms with Crippen LogP contribution in [0.15, 0.2) is 30.5 Å². The van der Waals surface area contributed by atoms with Crippen LogP contribution in [0.3, 0.4) is 0 Å². The number of nitrogens with two attached hydrogens (primary N) is 1. The molecule has 0 amide bonds. The van der Waals surface area contributed by atoms with Gasteiger partial charge in [0.2, 0.25) is 0 Å². The number of hydrogen-bond acceptors (Lipinski definition) is 3. The molecule has 3 heteroatoms. The van der Waals surface area contributed by atoms with Crippen molar-refractivity contribution in [3.05, 3.63) is 30.5 Å². The summed E-state index contributed by atoms with van der Waals surface area (Å²) in [6.45, 7) is 1.15. The largest absolute Gasteiger partial charge is 0.396 e. The maximum Gasteiger partial charge on any atom is 0.0724 e. The van der Waals surface area contributed by atoms with Gasteiger partial charge in [-0.05, 0) is 55.9 Å². The van der Waals surface area contributed by atoms with Crippen LogP contribution in [-0.4, -0.2) is 17.6 Å². The minimum Gasteiger partial charge on any atom is -0.396 e. The highest BCUT2D eigenvalue weighted by Gasteiger charge is 2.35. The van der Waals surface area contributed by atoms with Crippen LogP contribution in [0.25, 0.3) is 10.9 Å². The Labute approximate surface area is 119 Å². The molecule has 0 spiro atoms. The molecule has 2 heterocycles. The average molecular weight is 267 g/mol. The third kappa shape index (κ3) is 1.76. The molecule has 2 atom stereocenters. The Kier molecular flexibility index (Phi) is 2.79. The minimum atomic E-state index is 0.708. The fraction of sp³-hybridized carbons (Fsp3) is 0.471. The molecule has 2 aliphatic rings. The molecule has 4 rings (SSSR count). The maximum atomic E-state index is 6.45. The van der Waals surface area contributed by atoms with E-state index >= 15 is 0 Å². The summed E-state index contributed by atoms with van der Waals surface area (Å²) in [5, 5.41) is 1.09. The second-order valence-corrected chi connectivity index (χ2v) is 6.16. The first kappa shape index (κ1) is 12.0. The molecule has 3 nitrogen and oxygen atoms in total. The first-order valence-corrected chi connectivity index (χ1v) is 7.74. The van der Waals surface area contributed by atoms with Gasteiger partial charge in [-0.3, -0.25) is 4.98 Å². The molecule has 1 saturated carbocycles. The van der Waals surface area contributed by atoms with Crippen LogP contribution in [0.5, 0.6) is 0 Å². The van der Waals surface area contributed by atoms with Crippen molar-refractivity contribution >= 4 is 22.3 Å². The third-order valence-electron chi connectivity index (χ3n) is 5.11. The molecule has 1 aliphatic carbocycles. The quantitative estimate of drug-likeness (QED) is 0.803. The molecule has 2 fully saturated rings. The highest BCUT2D eigenvalue weighted by Crippen LogP contribution is 2.41. The Balaban J connectivity index is 1.79. The van der Waals surface area contributed by atoms with Gasteiger partial charge >= 0.3 is 0 Å². The lowest BCUT2D eigenvalue weighted by atomic mass is 9.91. The molecule has 1 aromatic heterocycles. The van der Waals surface area contributed by atoms with Gasteiger partial charge in [-0.25, -0.2) is 0 Å². The summed E-state index contributed by atoms with van der Waals surface area (Å²) in [5.41, 5.74) is 9.57. The smallest absolute Gasteiger partial charge is 0.0724 e. The predicted molar refractivity (Wildman–Crippen MR) is 83.9 cm³/mol. The summed E-state index contributed by atoms with van der Waals surface area (Å²) in [6, 6.07) is 9.04. The summed E-state index contributed by atoms with van der Waals surface area (Å²) in [6.07, 6.45) is 8.63. The van der Waals surface area contributed by atoms with E-state index in [0.717, 1.165) is 29.1 Å². The number of fused-ring (bicyclic) bond motifs is 2. The van der Waals surface area contributed by atoms with Gasteiger partial charge in [0.05, 0.1) is 16.9 Å². The van der Waals surface area contributed by atoms with Gasteiger partial charge in [0, 0.05) is 24.2 Å². The third-order valence-corrected chi connectivity index (χ3v) is 5.11. The van der Waals surface area contributed by atoms with Crippen LogP contribution in [0.2, 0.25) is 0 Å². The van der Waals surface area contributed by atoms with Crippen molar-refractivity contribution in [2.45, 2.75) is 38.1 Å². The van der Waals surface area contributed by atoms with Crippen molar-refractivity contribution in [3.63, 3.8) is 0 Å². The zero-order chi connectivity index (χ0) is 13.5. The second kappa shape index (κ2) is 4.65. The molecule has 104 valence electrons. The van der Waals surface area contributed by atoms with Crippen LogP contribution in [0.4, 0.5) is 11.4 Å².